The molecule has 0 radical (unpaired) electrons. The van der Waals surface area contributed by atoms with E-state index in [0.29, 0.717) is 0 Å². The van der Waals surface area contributed by atoms with E-state index >= 15 is 0 Å². The van der Waals surface area contributed by atoms with Gasteiger partial charge in [-0.25, -0.2) is 5.01 Å². The van der Waals surface area contributed by atoms with E-state index in [2.05, 4.69) is 26.8 Å². The number of nitriles is 1. The second kappa shape index (κ2) is 3.88. The van der Waals surface area contributed by atoms with Crippen LogP contribution in [0.1, 0.15) is 52.9 Å². The van der Waals surface area contributed by atoms with Crippen LogP contribution in [0.25, 0.3) is 0 Å². The molecule has 3 heteroatoms. The molecule has 0 atom stereocenters. The second-order valence-corrected chi connectivity index (χ2v) is 5.24. The van der Waals surface area contributed by atoms with Gasteiger partial charge in [0, 0.05) is 5.54 Å². The molecule has 14 heavy (non-hydrogen) atoms. The largest absolute Gasteiger partial charge is 0.267 e. The van der Waals surface area contributed by atoms with Crippen LogP contribution in [0.3, 0.4) is 0 Å². The standard InChI is InChI=1S/C11H21N3/c1-10(2,3)14(13)11(9-12)7-5-4-6-8-11/h4-8,13H2,1-3H3. The Morgan fingerprint density at radius 2 is 1.71 bits per heavy atom. The highest BCUT2D eigenvalue weighted by atomic mass is 15.5. The van der Waals surface area contributed by atoms with Crippen LogP contribution in [-0.2, 0) is 0 Å². The fourth-order valence-electron chi connectivity index (χ4n) is 2.19. The SMILES string of the molecule is CC(C)(C)N(N)C1(C#N)CCCCC1. The minimum Gasteiger partial charge on any atom is -0.267 e. The van der Waals surface area contributed by atoms with Crippen LogP contribution in [0, 0.1) is 11.3 Å². The predicted octanol–water partition coefficient (Wildman–Crippen LogP) is 2.19. The molecular weight excluding hydrogens is 174 g/mol. The van der Waals surface area contributed by atoms with Gasteiger partial charge in [-0.2, -0.15) is 5.26 Å². The number of nitrogens with zero attached hydrogens (tertiary/aromatic N) is 2. The Morgan fingerprint density at radius 1 is 1.21 bits per heavy atom. The van der Waals surface area contributed by atoms with Crippen LogP contribution in [0.4, 0.5) is 0 Å². The highest BCUT2D eigenvalue weighted by molar-refractivity contribution is 5.10. The minimum absolute atomic E-state index is 0.132. The van der Waals surface area contributed by atoms with Gasteiger partial charge in [-0.3, -0.25) is 5.84 Å². The molecule has 1 fully saturated rings. The zero-order chi connectivity index (χ0) is 10.8. The predicted molar refractivity (Wildman–Crippen MR) is 57.2 cm³/mol. The summed E-state index contributed by atoms with van der Waals surface area (Å²) in [4.78, 5) is 0. The number of hydrogen-bond donors (Lipinski definition) is 1. The summed E-state index contributed by atoms with van der Waals surface area (Å²) in [5, 5.41) is 11.1. The lowest BCUT2D eigenvalue weighted by Gasteiger charge is -2.45. The zero-order valence-corrected chi connectivity index (χ0v) is 9.51. The van der Waals surface area contributed by atoms with Crippen molar-refractivity contribution < 1.29 is 0 Å². The van der Waals surface area contributed by atoms with Gasteiger partial charge >= 0.3 is 0 Å². The van der Waals surface area contributed by atoms with Crippen molar-refractivity contribution in [3.8, 4) is 6.07 Å². The first-order chi connectivity index (χ1) is 6.42. The molecule has 0 unspecified atom stereocenters. The van der Waals surface area contributed by atoms with Gasteiger partial charge in [0.2, 0.25) is 0 Å². The number of rotatable bonds is 1. The summed E-state index contributed by atoms with van der Waals surface area (Å²) in [5.74, 6) is 6.08. The first kappa shape index (κ1) is 11.5. The lowest BCUT2D eigenvalue weighted by molar-refractivity contribution is 0.0152. The Bertz CT molecular complexity index is 228. The summed E-state index contributed by atoms with van der Waals surface area (Å²) >= 11 is 0. The van der Waals surface area contributed by atoms with Gasteiger partial charge in [-0.1, -0.05) is 19.3 Å². The molecule has 0 amide bonds. The van der Waals surface area contributed by atoms with E-state index in [-0.39, 0.29) is 5.54 Å². The van der Waals surface area contributed by atoms with Crippen molar-refractivity contribution in [3.63, 3.8) is 0 Å². The fourth-order valence-corrected chi connectivity index (χ4v) is 2.19. The summed E-state index contributed by atoms with van der Waals surface area (Å²) in [5.41, 5.74) is -0.552. The molecule has 80 valence electrons. The Labute approximate surface area is 86.8 Å². The van der Waals surface area contributed by atoms with Crippen LogP contribution < -0.4 is 5.84 Å². The van der Waals surface area contributed by atoms with Crippen molar-refractivity contribution >= 4 is 0 Å². The van der Waals surface area contributed by atoms with E-state index in [1.165, 1.54) is 6.42 Å². The molecule has 1 rings (SSSR count). The molecule has 0 bridgehead atoms. The Kier molecular flexibility index (Phi) is 3.18. The molecule has 2 N–H and O–H groups in total. The second-order valence-electron chi connectivity index (χ2n) is 5.24. The van der Waals surface area contributed by atoms with E-state index in [9.17, 15) is 5.26 Å². The van der Waals surface area contributed by atoms with Crippen LogP contribution >= 0.6 is 0 Å². The van der Waals surface area contributed by atoms with Gasteiger partial charge in [0.15, 0.2) is 0 Å². The maximum atomic E-state index is 9.30. The highest BCUT2D eigenvalue weighted by Crippen LogP contribution is 2.34. The van der Waals surface area contributed by atoms with Gasteiger partial charge in [0.25, 0.3) is 0 Å². The average Bonchev–Trinajstić information content (AvgIpc) is 2.16. The molecule has 3 nitrogen and oxygen atoms in total. The summed E-state index contributed by atoms with van der Waals surface area (Å²) in [7, 11) is 0. The van der Waals surface area contributed by atoms with E-state index < -0.39 is 5.54 Å². The molecule has 1 aliphatic rings. The maximum absolute atomic E-state index is 9.30. The topological polar surface area (TPSA) is 53.0 Å². The first-order valence-electron chi connectivity index (χ1n) is 5.39. The van der Waals surface area contributed by atoms with Crippen LogP contribution in [0.2, 0.25) is 0 Å². The van der Waals surface area contributed by atoms with Gasteiger partial charge < -0.3 is 0 Å². The van der Waals surface area contributed by atoms with E-state index in [1.807, 2.05) is 0 Å². The number of nitrogens with two attached hydrogens (primary N) is 1. The van der Waals surface area contributed by atoms with Crippen molar-refractivity contribution in [2.24, 2.45) is 5.84 Å². The number of hydrogen-bond acceptors (Lipinski definition) is 3. The highest BCUT2D eigenvalue weighted by Gasteiger charge is 2.41. The molecular formula is C11H21N3. The zero-order valence-electron chi connectivity index (χ0n) is 9.51. The third-order valence-electron chi connectivity index (χ3n) is 3.07. The van der Waals surface area contributed by atoms with Crippen molar-refractivity contribution in [2.75, 3.05) is 0 Å². The van der Waals surface area contributed by atoms with Crippen molar-refractivity contribution in [3.05, 3.63) is 0 Å². The van der Waals surface area contributed by atoms with Gasteiger partial charge in [-0.05, 0) is 33.6 Å². The first-order valence-corrected chi connectivity index (χ1v) is 5.39. The molecule has 0 aromatic carbocycles. The van der Waals surface area contributed by atoms with Crippen LogP contribution in [-0.4, -0.2) is 16.1 Å². The molecule has 0 aromatic rings. The third kappa shape index (κ3) is 2.08. The quantitative estimate of drug-likeness (QED) is 0.515. The van der Waals surface area contributed by atoms with Gasteiger partial charge in [0.05, 0.1) is 6.07 Å². The summed E-state index contributed by atoms with van der Waals surface area (Å²) in [6, 6.07) is 2.42. The minimum atomic E-state index is -0.420. The summed E-state index contributed by atoms with van der Waals surface area (Å²) in [6.45, 7) is 6.17. The van der Waals surface area contributed by atoms with Crippen molar-refractivity contribution in [1.29, 1.82) is 5.26 Å². The van der Waals surface area contributed by atoms with E-state index in [1.54, 1.807) is 5.01 Å². The van der Waals surface area contributed by atoms with E-state index in [4.69, 9.17) is 5.84 Å². The van der Waals surface area contributed by atoms with E-state index in [0.717, 1.165) is 25.7 Å². The number of hydrazine groups is 1. The normalized spacial score (nSPS) is 22.0. The molecule has 0 heterocycles. The van der Waals surface area contributed by atoms with Crippen LogP contribution in [0.5, 0.6) is 0 Å². The molecule has 0 aromatic heterocycles. The summed E-state index contributed by atoms with van der Waals surface area (Å²) in [6.07, 6.45) is 5.31. The lowest BCUT2D eigenvalue weighted by atomic mass is 9.80. The van der Waals surface area contributed by atoms with Gasteiger partial charge in [0.1, 0.15) is 5.54 Å². The molecule has 0 aliphatic heterocycles. The Hall–Kier alpha value is -0.590. The average molecular weight is 195 g/mol. The monoisotopic (exact) mass is 195 g/mol. The van der Waals surface area contributed by atoms with Crippen LogP contribution in [0.15, 0.2) is 0 Å². The molecule has 1 saturated carbocycles. The fraction of sp³-hybridized carbons (Fsp3) is 0.909. The Morgan fingerprint density at radius 3 is 2.07 bits per heavy atom. The van der Waals surface area contributed by atoms with Crippen molar-refractivity contribution in [1.82, 2.24) is 5.01 Å². The molecule has 0 saturated heterocycles. The molecule has 1 aliphatic carbocycles. The smallest absolute Gasteiger partial charge is 0.122 e. The third-order valence-corrected chi connectivity index (χ3v) is 3.07. The molecule has 0 spiro atoms. The summed E-state index contributed by atoms with van der Waals surface area (Å²) < 4.78 is 0. The van der Waals surface area contributed by atoms with Gasteiger partial charge in [-0.15, -0.1) is 0 Å². The Balaban J connectivity index is 2.84. The van der Waals surface area contributed by atoms with Crippen molar-refractivity contribution in [2.45, 2.75) is 64.0 Å². The maximum Gasteiger partial charge on any atom is 0.122 e. The lowest BCUT2D eigenvalue weighted by Crippen LogP contribution is -2.61.